The van der Waals surface area contributed by atoms with Gasteiger partial charge in [0.25, 0.3) is 0 Å². The zero-order valence-electron chi connectivity index (χ0n) is 11.8. The first kappa shape index (κ1) is 16.6. The summed E-state index contributed by atoms with van der Waals surface area (Å²) >= 11 is 1.47. The molecule has 0 bridgehead atoms. The highest BCUT2D eigenvalue weighted by atomic mass is 32.2. The third kappa shape index (κ3) is 3.34. The molecule has 1 N–H and O–H groups in total. The van der Waals surface area contributed by atoms with Crippen LogP contribution in [-0.2, 0) is 0 Å². The van der Waals surface area contributed by atoms with E-state index in [-0.39, 0.29) is 5.56 Å². The van der Waals surface area contributed by atoms with Crippen LogP contribution >= 0.6 is 11.8 Å². The number of aromatic nitrogens is 1. The van der Waals surface area contributed by atoms with Crippen LogP contribution in [0.3, 0.4) is 0 Å². The molecule has 2 aromatic rings. The monoisotopic (exact) mass is 325 g/mol. The minimum Gasteiger partial charge on any atom is -0.379 e. The van der Waals surface area contributed by atoms with Crippen molar-refractivity contribution in [3.8, 4) is 11.3 Å². The Morgan fingerprint density at radius 1 is 1.32 bits per heavy atom. The number of nitrogens with zero attached hydrogens (tertiary/aromatic N) is 1. The van der Waals surface area contributed by atoms with E-state index in [1.807, 2.05) is 12.3 Å². The molecule has 0 fully saturated rings. The van der Waals surface area contributed by atoms with Crippen LogP contribution in [0.4, 0.5) is 13.2 Å². The summed E-state index contributed by atoms with van der Waals surface area (Å²) < 4.78 is 37.9. The summed E-state index contributed by atoms with van der Waals surface area (Å²) in [6.07, 6.45) is -2.40. The number of thioether (sulfide) groups is 1. The molecule has 1 heterocycles. The average molecular weight is 325 g/mol. The van der Waals surface area contributed by atoms with Gasteiger partial charge in [-0.15, -0.1) is 11.8 Å². The highest BCUT2D eigenvalue weighted by Crippen LogP contribution is 2.36. The minimum absolute atomic E-state index is 0.228. The van der Waals surface area contributed by atoms with E-state index in [4.69, 9.17) is 0 Å². The van der Waals surface area contributed by atoms with Crippen LogP contribution in [0.5, 0.6) is 0 Å². The number of hydrogen-bond acceptors (Lipinski definition) is 3. The summed E-state index contributed by atoms with van der Waals surface area (Å²) in [5.74, 6) is 0. The van der Waals surface area contributed by atoms with E-state index >= 15 is 0 Å². The van der Waals surface area contributed by atoms with Gasteiger partial charge in [0.2, 0.25) is 0 Å². The zero-order chi connectivity index (χ0) is 16.3. The molecule has 1 aromatic carbocycles. The lowest BCUT2D eigenvalue weighted by atomic mass is 10.0. The van der Waals surface area contributed by atoms with Gasteiger partial charge >= 0.3 is 6.18 Å². The van der Waals surface area contributed by atoms with Crippen LogP contribution in [0, 0.1) is 0 Å². The first-order valence-electron chi connectivity index (χ1n) is 6.39. The van der Waals surface area contributed by atoms with Gasteiger partial charge in [0.15, 0.2) is 6.10 Å². The molecule has 0 saturated carbocycles. The minimum atomic E-state index is -4.70. The molecule has 22 heavy (non-hydrogen) atoms. The summed E-state index contributed by atoms with van der Waals surface area (Å²) in [5.41, 5.74) is 1.75. The number of hydrogen-bond donors (Lipinski definition) is 1. The molecule has 116 valence electrons. The van der Waals surface area contributed by atoms with E-state index in [1.54, 1.807) is 18.2 Å². The van der Waals surface area contributed by atoms with Crippen LogP contribution in [0.2, 0.25) is 0 Å². The number of aliphatic hydroxyl groups is 1. The van der Waals surface area contributed by atoms with Crippen molar-refractivity contribution in [1.82, 2.24) is 4.98 Å². The molecule has 0 aliphatic rings. The molecule has 0 saturated heterocycles. The normalized spacial score (nSPS) is 13.0. The van der Waals surface area contributed by atoms with Gasteiger partial charge in [-0.25, -0.2) is 0 Å². The first-order chi connectivity index (χ1) is 10.4. The lowest BCUT2D eigenvalue weighted by molar-refractivity contribution is -0.206. The molecule has 2 rings (SSSR count). The number of rotatable bonds is 4. The van der Waals surface area contributed by atoms with Gasteiger partial charge < -0.3 is 5.11 Å². The van der Waals surface area contributed by atoms with Gasteiger partial charge in [-0.05, 0) is 29.5 Å². The standard InChI is InChI=1S/C16H14F3NOS/c1-3-10-5-4-6-12(14(10)22-2)13-9-11(7-8-20-13)15(21)16(17,18)19/h3-9,15,21H,1H2,2H3/t15-/m1/s1. The SMILES string of the molecule is C=Cc1cccc(-c2cc([C@@H](O)C(F)(F)F)ccn2)c1SC. The van der Waals surface area contributed by atoms with Gasteiger partial charge in [-0.3, -0.25) is 4.98 Å². The summed E-state index contributed by atoms with van der Waals surface area (Å²) in [6.45, 7) is 3.73. The average Bonchev–Trinajstić information content (AvgIpc) is 2.52. The van der Waals surface area contributed by atoms with Crippen molar-refractivity contribution in [1.29, 1.82) is 0 Å². The molecule has 1 atom stereocenters. The van der Waals surface area contributed by atoms with Gasteiger partial charge in [0.05, 0.1) is 5.69 Å². The molecule has 0 aliphatic carbocycles. The summed E-state index contributed by atoms with van der Waals surface area (Å²) in [4.78, 5) is 5.01. The van der Waals surface area contributed by atoms with E-state index in [0.717, 1.165) is 16.5 Å². The van der Waals surface area contributed by atoms with E-state index in [2.05, 4.69) is 11.6 Å². The van der Waals surface area contributed by atoms with Crippen LogP contribution in [0.15, 0.2) is 48.0 Å². The Bertz CT molecular complexity index is 685. The van der Waals surface area contributed by atoms with E-state index in [0.29, 0.717) is 11.3 Å². The Labute approximate surface area is 130 Å². The molecule has 1 aromatic heterocycles. The molecule has 0 radical (unpaired) electrons. The van der Waals surface area contributed by atoms with Crippen molar-refractivity contribution in [2.45, 2.75) is 17.2 Å². The Kier molecular flexibility index (Phi) is 4.93. The topological polar surface area (TPSA) is 33.1 Å². The molecular formula is C16H14F3NOS. The van der Waals surface area contributed by atoms with Gasteiger partial charge in [0, 0.05) is 16.7 Å². The van der Waals surface area contributed by atoms with Gasteiger partial charge in [0.1, 0.15) is 0 Å². The summed E-state index contributed by atoms with van der Waals surface area (Å²) in [6, 6.07) is 7.88. The number of aliphatic hydroxyl groups excluding tert-OH is 1. The molecular weight excluding hydrogens is 311 g/mol. The quantitative estimate of drug-likeness (QED) is 0.827. The highest BCUT2D eigenvalue weighted by molar-refractivity contribution is 7.98. The Morgan fingerprint density at radius 3 is 2.64 bits per heavy atom. The van der Waals surface area contributed by atoms with Gasteiger partial charge in [-0.2, -0.15) is 13.2 Å². The van der Waals surface area contributed by atoms with Gasteiger partial charge in [-0.1, -0.05) is 30.9 Å². The smallest absolute Gasteiger partial charge is 0.379 e. The molecule has 0 amide bonds. The Morgan fingerprint density at radius 2 is 2.05 bits per heavy atom. The molecule has 6 heteroatoms. The second kappa shape index (κ2) is 6.54. The first-order valence-corrected chi connectivity index (χ1v) is 7.61. The molecule has 0 spiro atoms. The Hall–Kier alpha value is -1.79. The second-order valence-electron chi connectivity index (χ2n) is 4.55. The van der Waals surface area contributed by atoms with Crippen LogP contribution in [-0.4, -0.2) is 22.5 Å². The number of benzene rings is 1. The molecule has 2 nitrogen and oxygen atoms in total. The highest BCUT2D eigenvalue weighted by Gasteiger charge is 2.39. The maximum absolute atomic E-state index is 12.6. The third-order valence-electron chi connectivity index (χ3n) is 3.16. The van der Waals surface area contributed by atoms with Crippen molar-refractivity contribution in [2.24, 2.45) is 0 Å². The van der Waals surface area contributed by atoms with Crippen molar-refractivity contribution in [3.63, 3.8) is 0 Å². The van der Waals surface area contributed by atoms with Crippen LogP contribution in [0.1, 0.15) is 17.2 Å². The third-order valence-corrected chi connectivity index (χ3v) is 4.02. The van der Waals surface area contributed by atoms with Crippen LogP contribution < -0.4 is 0 Å². The Balaban J connectivity index is 2.53. The second-order valence-corrected chi connectivity index (χ2v) is 5.37. The van der Waals surface area contributed by atoms with Crippen LogP contribution in [0.25, 0.3) is 17.3 Å². The number of halogens is 3. The number of pyridine rings is 1. The summed E-state index contributed by atoms with van der Waals surface area (Å²) in [7, 11) is 0. The largest absolute Gasteiger partial charge is 0.418 e. The summed E-state index contributed by atoms with van der Waals surface area (Å²) in [5, 5.41) is 9.38. The lowest BCUT2D eigenvalue weighted by Gasteiger charge is -2.16. The van der Waals surface area contributed by atoms with Crippen molar-refractivity contribution >= 4 is 17.8 Å². The van der Waals surface area contributed by atoms with E-state index < -0.39 is 12.3 Å². The molecule has 0 unspecified atom stereocenters. The lowest BCUT2D eigenvalue weighted by Crippen LogP contribution is -2.20. The van der Waals surface area contributed by atoms with E-state index in [9.17, 15) is 18.3 Å². The fraction of sp³-hybridized carbons (Fsp3) is 0.188. The van der Waals surface area contributed by atoms with Crippen molar-refractivity contribution in [2.75, 3.05) is 6.26 Å². The fourth-order valence-electron chi connectivity index (χ4n) is 2.10. The fourth-order valence-corrected chi connectivity index (χ4v) is 2.88. The van der Waals surface area contributed by atoms with Crippen molar-refractivity contribution < 1.29 is 18.3 Å². The maximum Gasteiger partial charge on any atom is 0.418 e. The maximum atomic E-state index is 12.6. The number of alkyl halides is 3. The van der Waals surface area contributed by atoms with E-state index in [1.165, 1.54) is 24.0 Å². The predicted molar refractivity (Wildman–Crippen MR) is 82.6 cm³/mol. The van der Waals surface area contributed by atoms with Crippen molar-refractivity contribution in [3.05, 3.63) is 54.2 Å². The predicted octanol–water partition coefficient (Wildman–Crippen LogP) is 4.71. The zero-order valence-corrected chi connectivity index (χ0v) is 12.6. The molecule has 0 aliphatic heterocycles.